The Morgan fingerprint density at radius 2 is 1.75 bits per heavy atom. The van der Waals surface area contributed by atoms with Gasteiger partial charge in [0.15, 0.2) is 0 Å². The van der Waals surface area contributed by atoms with Gasteiger partial charge in [0, 0.05) is 6.07 Å². The van der Waals surface area contributed by atoms with E-state index < -0.39 is 14.9 Å². The first-order valence-corrected chi connectivity index (χ1v) is 7.21. The van der Waals surface area contributed by atoms with Crippen molar-refractivity contribution in [2.24, 2.45) is 0 Å². The van der Waals surface area contributed by atoms with Crippen molar-refractivity contribution in [3.63, 3.8) is 0 Å². The summed E-state index contributed by atoms with van der Waals surface area (Å²) in [6.07, 6.45) is 0. The molecule has 2 rings (SSSR count). The Bertz CT molecular complexity index is 742. The lowest BCUT2D eigenvalue weighted by Crippen LogP contribution is -2.14. The van der Waals surface area contributed by atoms with Crippen molar-refractivity contribution in [3.05, 3.63) is 64.2 Å². The van der Waals surface area contributed by atoms with Gasteiger partial charge in [-0.1, -0.05) is 24.3 Å². The number of nitro groups is 1. The Labute approximate surface area is 116 Å². The molecule has 0 heterocycles. The minimum atomic E-state index is -3.84. The number of hydrogen-bond donors (Lipinski definition) is 1. The highest BCUT2D eigenvalue weighted by atomic mass is 32.2. The van der Waals surface area contributed by atoms with Crippen LogP contribution in [0.5, 0.6) is 0 Å². The van der Waals surface area contributed by atoms with Crippen LogP contribution >= 0.6 is 0 Å². The van der Waals surface area contributed by atoms with Crippen LogP contribution in [0.15, 0.2) is 53.4 Å². The molecule has 104 valence electrons. The molecule has 0 aromatic heterocycles. The molecule has 0 saturated heterocycles. The normalized spacial score (nSPS) is 11.1. The summed E-state index contributed by atoms with van der Waals surface area (Å²) < 4.78 is 26.5. The monoisotopic (exact) mass is 292 g/mol. The Kier molecular flexibility index (Phi) is 3.71. The largest absolute Gasteiger partial charge is 0.293 e. The van der Waals surface area contributed by atoms with Gasteiger partial charge in [0.05, 0.1) is 9.82 Å². The average Bonchev–Trinajstić information content (AvgIpc) is 2.41. The van der Waals surface area contributed by atoms with Crippen LogP contribution < -0.4 is 4.72 Å². The second-order valence-corrected chi connectivity index (χ2v) is 5.88. The second-order valence-electron chi connectivity index (χ2n) is 4.20. The summed E-state index contributed by atoms with van der Waals surface area (Å²) in [4.78, 5) is 10.4. The highest BCUT2D eigenvalue weighted by molar-refractivity contribution is 7.92. The molecule has 0 aliphatic carbocycles. The molecule has 0 bridgehead atoms. The van der Waals surface area contributed by atoms with E-state index in [9.17, 15) is 18.5 Å². The van der Waals surface area contributed by atoms with Crippen LogP contribution in [0.1, 0.15) is 5.56 Å². The van der Waals surface area contributed by atoms with E-state index in [-0.39, 0.29) is 16.3 Å². The van der Waals surface area contributed by atoms with E-state index in [0.717, 1.165) is 0 Å². The minimum absolute atomic E-state index is 0.0508. The van der Waals surface area contributed by atoms with Crippen LogP contribution in [0.4, 0.5) is 11.4 Å². The lowest BCUT2D eigenvalue weighted by atomic mass is 10.2. The van der Waals surface area contributed by atoms with Gasteiger partial charge >= 0.3 is 0 Å². The van der Waals surface area contributed by atoms with Crippen molar-refractivity contribution in [1.82, 2.24) is 0 Å². The van der Waals surface area contributed by atoms with Crippen LogP contribution in [0.3, 0.4) is 0 Å². The van der Waals surface area contributed by atoms with Crippen molar-refractivity contribution in [2.45, 2.75) is 11.8 Å². The lowest BCUT2D eigenvalue weighted by Gasteiger charge is -2.08. The second kappa shape index (κ2) is 5.30. The summed E-state index contributed by atoms with van der Waals surface area (Å²) in [5, 5.41) is 11.0. The van der Waals surface area contributed by atoms with Crippen LogP contribution in [0.25, 0.3) is 0 Å². The molecule has 0 radical (unpaired) electrons. The van der Waals surface area contributed by atoms with Crippen molar-refractivity contribution in [3.8, 4) is 0 Å². The van der Waals surface area contributed by atoms with Gasteiger partial charge in [-0.25, -0.2) is 8.42 Å². The number of nitrogens with one attached hydrogen (secondary N) is 1. The Morgan fingerprint density at radius 1 is 1.10 bits per heavy atom. The number of nitro benzene ring substituents is 1. The third-order valence-electron chi connectivity index (χ3n) is 2.65. The molecule has 0 atom stereocenters. The number of hydrogen-bond acceptors (Lipinski definition) is 4. The third kappa shape index (κ3) is 2.94. The summed E-state index contributed by atoms with van der Waals surface area (Å²) in [6.45, 7) is 1.70. The summed E-state index contributed by atoms with van der Waals surface area (Å²) >= 11 is 0. The van der Waals surface area contributed by atoms with Crippen LogP contribution in [-0.2, 0) is 10.0 Å². The van der Waals surface area contributed by atoms with Gasteiger partial charge in [-0.15, -0.1) is 0 Å². The highest BCUT2D eigenvalue weighted by Crippen LogP contribution is 2.27. The molecule has 0 aliphatic rings. The van der Waals surface area contributed by atoms with E-state index >= 15 is 0 Å². The zero-order valence-corrected chi connectivity index (χ0v) is 11.4. The number of aryl methyl sites for hydroxylation is 1. The third-order valence-corrected chi connectivity index (χ3v) is 4.03. The summed E-state index contributed by atoms with van der Waals surface area (Å²) in [7, 11) is -3.84. The SMILES string of the molecule is Cc1ccc(NS(=O)(=O)c2ccccc2)c([N+](=O)[O-])c1. The fourth-order valence-corrected chi connectivity index (χ4v) is 2.78. The van der Waals surface area contributed by atoms with E-state index in [1.807, 2.05) is 0 Å². The van der Waals surface area contributed by atoms with Crippen LogP contribution in [0, 0.1) is 17.0 Å². The maximum absolute atomic E-state index is 12.1. The van der Waals surface area contributed by atoms with Gasteiger partial charge in [0.25, 0.3) is 15.7 Å². The van der Waals surface area contributed by atoms with Crippen molar-refractivity contribution < 1.29 is 13.3 Å². The molecule has 2 aromatic rings. The van der Waals surface area contributed by atoms with Crippen LogP contribution in [0.2, 0.25) is 0 Å². The van der Waals surface area contributed by atoms with E-state index in [0.29, 0.717) is 5.56 Å². The molecule has 1 N–H and O–H groups in total. The van der Waals surface area contributed by atoms with Gasteiger partial charge < -0.3 is 0 Å². The predicted molar refractivity (Wildman–Crippen MR) is 75.1 cm³/mol. The number of rotatable bonds is 4. The summed E-state index contributed by atoms with van der Waals surface area (Å²) in [6, 6.07) is 12.0. The van der Waals surface area contributed by atoms with E-state index in [4.69, 9.17) is 0 Å². The zero-order valence-electron chi connectivity index (χ0n) is 10.6. The topological polar surface area (TPSA) is 89.3 Å². The van der Waals surface area contributed by atoms with Gasteiger partial charge in [-0.05, 0) is 30.7 Å². The van der Waals surface area contributed by atoms with Crippen molar-refractivity contribution >= 4 is 21.4 Å². The fourth-order valence-electron chi connectivity index (χ4n) is 1.68. The zero-order chi connectivity index (χ0) is 14.8. The minimum Gasteiger partial charge on any atom is -0.273 e. The first-order chi connectivity index (χ1) is 9.40. The van der Waals surface area contributed by atoms with E-state index in [1.165, 1.54) is 24.3 Å². The summed E-state index contributed by atoms with van der Waals surface area (Å²) in [5.74, 6) is 0. The Hall–Kier alpha value is -2.41. The molecular weight excluding hydrogens is 280 g/mol. The number of nitrogens with zero attached hydrogens (tertiary/aromatic N) is 1. The standard InChI is InChI=1S/C13H12N2O4S/c1-10-7-8-12(13(9-10)15(16)17)14-20(18,19)11-5-3-2-4-6-11/h2-9,14H,1H3. The fraction of sp³-hybridized carbons (Fsp3) is 0.0769. The number of sulfonamides is 1. The van der Waals surface area contributed by atoms with Gasteiger partial charge in [0.2, 0.25) is 0 Å². The molecule has 2 aromatic carbocycles. The summed E-state index contributed by atoms with van der Waals surface area (Å²) in [5.41, 5.74) is 0.355. The van der Waals surface area contributed by atoms with Crippen molar-refractivity contribution in [1.29, 1.82) is 0 Å². The van der Waals surface area contributed by atoms with E-state index in [1.54, 1.807) is 31.2 Å². The first kappa shape index (κ1) is 14.0. The molecule has 20 heavy (non-hydrogen) atoms. The molecule has 6 nitrogen and oxygen atoms in total. The van der Waals surface area contributed by atoms with E-state index in [2.05, 4.69) is 4.72 Å². The Morgan fingerprint density at radius 3 is 2.35 bits per heavy atom. The highest BCUT2D eigenvalue weighted by Gasteiger charge is 2.20. The lowest BCUT2D eigenvalue weighted by molar-refractivity contribution is -0.383. The average molecular weight is 292 g/mol. The molecule has 7 heteroatoms. The molecule has 0 spiro atoms. The smallest absolute Gasteiger partial charge is 0.273 e. The Balaban J connectivity index is 2.43. The van der Waals surface area contributed by atoms with Gasteiger partial charge in [-0.2, -0.15) is 0 Å². The molecular formula is C13H12N2O4S. The van der Waals surface area contributed by atoms with Crippen molar-refractivity contribution in [2.75, 3.05) is 4.72 Å². The molecule has 0 aliphatic heterocycles. The molecule has 0 amide bonds. The van der Waals surface area contributed by atoms with Gasteiger partial charge in [0.1, 0.15) is 5.69 Å². The first-order valence-electron chi connectivity index (χ1n) is 5.73. The predicted octanol–water partition coefficient (Wildman–Crippen LogP) is 2.70. The van der Waals surface area contributed by atoms with Gasteiger partial charge in [-0.3, -0.25) is 14.8 Å². The molecule has 0 saturated carbocycles. The maximum Gasteiger partial charge on any atom is 0.293 e. The molecule has 0 fully saturated rings. The van der Waals surface area contributed by atoms with Crippen LogP contribution in [-0.4, -0.2) is 13.3 Å². The quantitative estimate of drug-likeness (QED) is 0.693. The number of anilines is 1. The number of benzene rings is 2. The maximum atomic E-state index is 12.1. The molecule has 0 unspecified atom stereocenters.